The van der Waals surface area contributed by atoms with Crippen LogP contribution < -0.4 is 4.74 Å². The van der Waals surface area contributed by atoms with Crippen molar-refractivity contribution in [2.24, 2.45) is 11.3 Å². The number of esters is 1. The normalized spacial score (nSPS) is 30.2. The van der Waals surface area contributed by atoms with Gasteiger partial charge in [-0.2, -0.15) is 0 Å². The van der Waals surface area contributed by atoms with Crippen molar-refractivity contribution in [3.63, 3.8) is 0 Å². The Balaban J connectivity index is 1.67. The second kappa shape index (κ2) is 5.38. The summed E-state index contributed by atoms with van der Waals surface area (Å²) in [6, 6.07) is 6.10. The second-order valence-corrected chi connectivity index (χ2v) is 7.42. The number of rotatable bonds is 1. The summed E-state index contributed by atoms with van der Waals surface area (Å²) < 4.78 is 5.24. The van der Waals surface area contributed by atoms with E-state index in [0.717, 1.165) is 25.7 Å². The Kier molecular flexibility index (Phi) is 3.42. The highest BCUT2D eigenvalue weighted by Crippen LogP contribution is 2.59. The van der Waals surface area contributed by atoms with Crippen LogP contribution in [-0.2, 0) is 11.2 Å². The van der Waals surface area contributed by atoms with E-state index in [4.69, 9.17) is 11.2 Å². The van der Waals surface area contributed by atoms with Gasteiger partial charge in [-0.25, -0.2) is 0 Å². The number of hydrogen-bond acceptors (Lipinski definition) is 2. The molecule has 0 amide bonds. The van der Waals surface area contributed by atoms with Gasteiger partial charge in [-0.05, 0) is 54.9 Å². The lowest BCUT2D eigenvalue weighted by atomic mass is 9.58. The van der Waals surface area contributed by atoms with E-state index in [2.05, 4.69) is 31.1 Å². The predicted octanol–water partition coefficient (Wildman–Crippen LogP) is 4.56. The number of benzene rings is 1. The minimum atomic E-state index is -0.269. The third-order valence-corrected chi connectivity index (χ3v) is 6.16. The van der Waals surface area contributed by atoms with Gasteiger partial charge in [-0.3, -0.25) is 4.79 Å². The van der Waals surface area contributed by atoms with E-state index in [-0.39, 0.29) is 11.4 Å². The second-order valence-electron chi connectivity index (χ2n) is 7.42. The molecule has 0 radical (unpaired) electrons. The maximum absolute atomic E-state index is 11.2. The molecule has 0 N–H and O–H groups in total. The van der Waals surface area contributed by atoms with Crippen LogP contribution in [0.4, 0.5) is 0 Å². The molecule has 2 heteroatoms. The molecule has 0 aromatic heterocycles. The lowest BCUT2D eigenvalue weighted by Crippen LogP contribution is -2.35. The summed E-state index contributed by atoms with van der Waals surface area (Å²) in [5, 5.41) is 0. The molecule has 2 nitrogen and oxygen atoms in total. The quantitative estimate of drug-likeness (QED) is 0.328. The molecule has 0 unspecified atom stereocenters. The minimum Gasteiger partial charge on any atom is -0.427 e. The van der Waals surface area contributed by atoms with Crippen LogP contribution >= 0.6 is 0 Å². The zero-order valence-electron chi connectivity index (χ0n) is 14.3. The van der Waals surface area contributed by atoms with Crippen LogP contribution in [0.2, 0.25) is 0 Å². The predicted molar refractivity (Wildman–Crippen MR) is 94.6 cm³/mol. The highest BCUT2D eigenvalue weighted by molar-refractivity contribution is 5.69. The van der Waals surface area contributed by atoms with Gasteiger partial charge >= 0.3 is 5.97 Å². The number of hydrogen-bond donors (Lipinski definition) is 0. The SMILES string of the molecule is C#CC1=CC[C@H]2C3=CCc4cc(OC(C)=O)ccc4[C@H]3CC[C@]12C. The first-order valence-corrected chi connectivity index (χ1v) is 8.71. The van der Waals surface area contributed by atoms with Gasteiger partial charge in [0, 0.05) is 23.8 Å². The Morgan fingerprint density at radius 1 is 1.38 bits per heavy atom. The van der Waals surface area contributed by atoms with Gasteiger partial charge in [0.1, 0.15) is 5.75 Å². The zero-order chi connectivity index (χ0) is 16.9. The van der Waals surface area contributed by atoms with E-state index in [1.807, 2.05) is 12.1 Å². The fraction of sp³-hybridized carbons (Fsp3) is 0.409. The van der Waals surface area contributed by atoms with Gasteiger partial charge in [0.05, 0.1) is 0 Å². The van der Waals surface area contributed by atoms with Gasteiger partial charge in [0.15, 0.2) is 0 Å². The van der Waals surface area contributed by atoms with Crippen molar-refractivity contribution >= 4 is 5.97 Å². The van der Waals surface area contributed by atoms with Crippen LogP contribution in [0.15, 0.2) is 41.5 Å². The van der Waals surface area contributed by atoms with Gasteiger partial charge < -0.3 is 4.74 Å². The summed E-state index contributed by atoms with van der Waals surface area (Å²) in [4.78, 5) is 11.2. The lowest BCUT2D eigenvalue weighted by molar-refractivity contribution is -0.131. The van der Waals surface area contributed by atoms with E-state index in [1.54, 1.807) is 5.57 Å². The average Bonchev–Trinajstić information content (AvgIpc) is 2.90. The Bertz CT molecular complexity index is 821. The maximum atomic E-state index is 11.2. The molecule has 0 heterocycles. The highest BCUT2D eigenvalue weighted by atomic mass is 16.5. The summed E-state index contributed by atoms with van der Waals surface area (Å²) >= 11 is 0. The maximum Gasteiger partial charge on any atom is 0.308 e. The van der Waals surface area contributed by atoms with E-state index in [0.29, 0.717) is 17.6 Å². The van der Waals surface area contributed by atoms with Gasteiger partial charge in [0.25, 0.3) is 0 Å². The third kappa shape index (κ3) is 2.15. The lowest BCUT2D eigenvalue weighted by Gasteiger charge is -2.45. The number of allylic oxidation sites excluding steroid dienone is 4. The molecule has 0 saturated heterocycles. The molecule has 1 aromatic carbocycles. The Morgan fingerprint density at radius 3 is 2.96 bits per heavy atom. The van der Waals surface area contributed by atoms with Crippen LogP contribution in [0.1, 0.15) is 50.2 Å². The van der Waals surface area contributed by atoms with Crippen LogP contribution in [0, 0.1) is 23.7 Å². The molecule has 24 heavy (non-hydrogen) atoms. The molecular formula is C22H22O2. The van der Waals surface area contributed by atoms with Crippen molar-refractivity contribution in [3.8, 4) is 18.1 Å². The standard InChI is InChI=1S/C22H22O2/c1-4-16-6-10-21-20-8-5-15-13-17(24-14(2)23)7-9-18(15)19(20)11-12-22(16,21)3/h1,6-9,13,19,21H,5,10-12H2,2-3H3/t19-,21+,22-/m1/s1. The molecule has 4 rings (SSSR count). The Morgan fingerprint density at radius 2 is 2.21 bits per heavy atom. The smallest absolute Gasteiger partial charge is 0.308 e. The molecule has 1 fully saturated rings. The van der Waals surface area contributed by atoms with Crippen molar-refractivity contribution in [1.29, 1.82) is 0 Å². The van der Waals surface area contributed by atoms with Crippen molar-refractivity contribution in [3.05, 3.63) is 52.6 Å². The monoisotopic (exact) mass is 318 g/mol. The summed E-state index contributed by atoms with van der Waals surface area (Å²) in [5.41, 5.74) is 5.60. The topological polar surface area (TPSA) is 26.3 Å². The first-order valence-electron chi connectivity index (χ1n) is 8.71. The molecule has 1 aromatic rings. The molecule has 122 valence electrons. The van der Waals surface area contributed by atoms with Gasteiger partial charge in [-0.15, -0.1) is 6.42 Å². The van der Waals surface area contributed by atoms with Gasteiger partial charge in [-0.1, -0.05) is 36.6 Å². The number of ether oxygens (including phenoxy) is 1. The third-order valence-electron chi connectivity index (χ3n) is 6.16. The zero-order valence-corrected chi connectivity index (χ0v) is 14.3. The van der Waals surface area contributed by atoms with Crippen molar-refractivity contribution in [1.82, 2.24) is 0 Å². The molecule has 0 bridgehead atoms. The first-order chi connectivity index (χ1) is 11.5. The summed E-state index contributed by atoms with van der Waals surface area (Å²) in [6.07, 6.45) is 14.7. The summed E-state index contributed by atoms with van der Waals surface area (Å²) in [6.45, 7) is 3.78. The molecule has 3 aliphatic carbocycles. The van der Waals surface area contributed by atoms with E-state index >= 15 is 0 Å². The van der Waals surface area contributed by atoms with Crippen LogP contribution in [0.3, 0.4) is 0 Å². The first kappa shape index (κ1) is 15.3. The summed E-state index contributed by atoms with van der Waals surface area (Å²) in [7, 11) is 0. The van der Waals surface area contributed by atoms with Crippen LogP contribution in [0.5, 0.6) is 5.75 Å². The molecule has 3 atom stereocenters. The minimum absolute atomic E-state index is 0.145. The fourth-order valence-corrected chi connectivity index (χ4v) is 4.98. The van der Waals surface area contributed by atoms with Crippen molar-refractivity contribution in [2.45, 2.75) is 45.4 Å². The molecule has 0 spiro atoms. The van der Waals surface area contributed by atoms with Crippen LogP contribution in [-0.4, -0.2) is 5.97 Å². The van der Waals surface area contributed by atoms with Crippen LogP contribution in [0.25, 0.3) is 0 Å². The molecule has 1 saturated carbocycles. The molecular weight excluding hydrogens is 296 g/mol. The van der Waals surface area contributed by atoms with Crippen molar-refractivity contribution < 1.29 is 9.53 Å². The van der Waals surface area contributed by atoms with Gasteiger partial charge in [0.2, 0.25) is 0 Å². The number of fused-ring (bicyclic) bond motifs is 5. The largest absolute Gasteiger partial charge is 0.427 e. The highest BCUT2D eigenvalue weighted by Gasteiger charge is 2.48. The van der Waals surface area contributed by atoms with E-state index < -0.39 is 0 Å². The fourth-order valence-electron chi connectivity index (χ4n) is 4.98. The Hall–Kier alpha value is -2.27. The summed E-state index contributed by atoms with van der Waals surface area (Å²) in [5.74, 6) is 4.34. The van der Waals surface area contributed by atoms with E-state index in [1.165, 1.54) is 23.6 Å². The van der Waals surface area contributed by atoms with E-state index in [9.17, 15) is 4.79 Å². The van der Waals surface area contributed by atoms with Crippen molar-refractivity contribution in [2.75, 3.05) is 0 Å². The number of carbonyl (C=O) groups is 1. The molecule has 3 aliphatic rings. The molecule has 0 aliphatic heterocycles. The Labute approximate surface area is 143 Å². The number of carbonyl (C=O) groups excluding carboxylic acids is 1. The number of terminal acetylenes is 1. The average molecular weight is 318 g/mol.